The van der Waals surface area contributed by atoms with Crippen LogP contribution in [-0.2, 0) is 24.7 Å². The predicted octanol–water partition coefficient (Wildman–Crippen LogP) is 3.37. The third kappa shape index (κ3) is 4.41. The first-order valence-electron chi connectivity index (χ1n) is 9.58. The van der Waals surface area contributed by atoms with Crippen LogP contribution in [0.3, 0.4) is 0 Å². The molecule has 9 heteroatoms. The number of primary amides is 1. The van der Waals surface area contributed by atoms with Gasteiger partial charge in [-0.3, -0.25) is 10.1 Å². The van der Waals surface area contributed by atoms with E-state index in [0.717, 1.165) is 29.5 Å². The van der Waals surface area contributed by atoms with Crippen molar-refractivity contribution in [3.8, 4) is 10.7 Å². The molecule has 0 aliphatic heterocycles. The number of nitrogens with zero attached hydrogens (tertiary/aromatic N) is 3. The molecule has 2 atom stereocenters. The molecule has 0 spiro atoms. The first-order chi connectivity index (χ1) is 13.3. The Hall–Kier alpha value is -1.87. The lowest BCUT2D eigenvalue weighted by Crippen LogP contribution is -2.42. The van der Waals surface area contributed by atoms with Crippen LogP contribution in [-0.4, -0.2) is 32.0 Å². The van der Waals surface area contributed by atoms with Crippen molar-refractivity contribution in [1.29, 1.82) is 0 Å². The molecule has 0 saturated heterocycles. The van der Waals surface area contributed by atoms with Gasteiger partial charge < -0.3 is 10.3 Å². The number of carbonyl (C=O) groups is 2. The Balaban J connectivity index is 1.81. The Kier molecular flexibility index (Phi) is 6.44. The summed E-state index contributed by atoms with van der Waals surface area (Å²) in [6.07, 6.45) is 4.76. The zero-order valence-electron chi connectivity index (χ0n) is 16.7. The van der Waals surface area contributed by atoms with Crippen molar-refractivity contribution in [2.75, 3.05) is 0 Å². The van der Waals surface area contributed by atoms with E-state index in [1.807, 2.05) is 25.5 Å². The summed E-state index contributed by atoms with van der Waals surface area (Å²) >= 11 is 3.10. The molecule has 1 aliphatic carbocycles. The van der Waals surface area contributed by atoms with Gasteiger partial charge in [0.25, 0.3) is 0 Å². The maximum Gasteiger partial charge on any atom is 0.318 e. The summed E-state index contributed by atoms with van der Waals surface area (Å²) in [5.41, 5.74) is 6.53. The van der Waals surface area contributed by atoms with Crippen LogP contribution < -0.4 is 11.1 Å². The van der Waals surface area contributed by atoms with E-state index >= 15 is 0 Å². The molecule has 0 saturated carbocycles. The van der Waals surface area contributed by atoms with Crippen molar-refractivity contribution >= 4 is 35.0 Å². The number of urea groups is 1. The van der Waals surface area contributed by atoms with Crippen LogP contribution in [0.2, 0.25) is 0 Å². The monoisotopic (exact) mass is 421 g/mol. The van der Waals surface area contributed by atoms with E-state index in [4.69, 9.17) is 5.73 Å². The summed E-state index contributed by atoms with van der Waals surface area (Å²) in [4.78, 5) is 25.9. The Bertz CT molecular complexity index is 874. The lowest BCUT2D eigenvalue weighted by atomic mass is 9.87. The van der Waals surface area contributed by atoms with Gasteiger partial charge in [0.1, 0.15) is 0 Å². The van der Waals surface area contributed by atoms with E-state index in [-0.39, 0.29) is 5.92 Å². The van der Waals surface area contributed by atoms with Gasteiger partial charge in [-0.05, 0) is 42.7 Å². The van der Waals surface area contributed by atoms with Crippen molar-refractivity contribution in [3.63, 3.8) is 0 Å². The number of aromatic nitrogens is 3. The molecule has 1 aliphatic rings. The second-order valence-electron chi connectivity index (χ2n) is 7.58. The van der Waals surface area contributed by atoms with E-state index in [0.29, 0.717) is 5.16 Å². The first kappa shape index (κ1) is 20.9. The molecule has 0 aromatic carbocycles. The highest BCUT2D eigenvalue weighted by Gasteiger charge is 2.28. The third-order valence-electron chi connectivity index (χ3n) is 5.16. The topological polar surface area (TPSA) is 103 Å². The van der Waals surface area contributed by atoms with E-state index in [1.54, 1.807) is 11.3 Å². The molecule has 152 valence electrons. The SMILES string of the molecule is CC[C@H]1CCc2sc(-c3nnc(S[C@@H](C(=O)NC(N)=O)C(C)C)n3C)cc2C1. The molecule has 0 unspecified atom stereocenters. The first-order valence-corrected chi connectivity index (χ1v) is 11.3. The zero-order chi connectivity index (χ0) is 20.4. The molecule has 0 radical (unpaired) electrons. The molecule has 2 aromatic heterocycles. The molecule has 28 heavy (non-hydrogen) atoms. The maximum atomic E-state index is 12.3. The van der Waals surface area contributed by atoms with E-state index in [2.05, 4.69) is 28.5 Å². The molecule has 2 heterocycles. The van der Waals surface area contributed by atoms with Crippen LogP contribution >= 0.6 is 23.1 Å². The molecule has 0 bridgehead atoms. The normalized spacial score (nSPS) is 17.4. The number of rotatable bonds is 6. The number of thioether (sulfide) groups is 1. The Morgan fingerprint density at radius 3 is 2.82 bits per heavy atom. The van der Waals surface area contributed by atoms with Gasteiger partial charge in [-0.25, -0.2) is 4.79 Å². The van der Waals surface area contributed by atoms with E-state index in [9.17, 15) is 9.59 Å². The number of hydrogen-bond donors (Lipinski definition) is 2. The standard InChI is InChI=1S/C19H27N5O2S2/c1-5-11-6-7-13-12(8-11)9-14(27-13)16-22-23-19(24(16)4)28-15(10(2)3)17(25)21-18(20)26/h9-11,15H,5-8H2,1-4H3,(H3,20,21,25,26)/t11-,15+/m0/s1. The summed E-state index contributed by atoms with van der Waals surface area (Å²) in [6, 6.07) is 1.41. The summed E-state index contributed by atoms with van der Waals surface area (Å²) in [7, 11) is 1.91. The molecule has 3 rings (SSSR count). The predicted molar refractivity (Wildman–Crippen MR) is 112 cm³/mol. The van der Waals surface area contributed by atoms with Gasteiger partial charge in [-0.1, -0.05) is 39.0 Å². The molecule has 2 aromatic rings. The van der Waals surface area contributed by atoms with Gasteiger partial charge in [0, 0.05) is 11.9 Å². The molecule has 3 N–H and O–H groups in total. The maximum absolute atomic E-state index is 12.3. The minimum Gasteiger partial charge on any atom is -0.351 e. The van der Waals surface area contributed by atoms with Crippen LogP contribution in [0.4, 0.5) is 4.79 Å². The van der Waals surface area contributed by atoms with Crippen molar-refractivity contribution in [2.45, 2.75) is 56.9 Å². The van der Waals surface area contributed by atoms with Gasteiger partial charge in [0.15, 0.2) is 11.0 Å². The number of nitrogens with two attached hydrogens (primary N) is 1. The van der Waals surface area contributed by atoms with Gasteiger partial charge in [-0.2, -0.15) is 0 Å². The van der Waals surface area contributed by atoms with Crippen LogP contribution in [0, 0.1) is 11.8 Å². The fourth-order valence-electron chi connectivity index (χ4n) is 3.49. The molecular formula is C19H27N5O2S2. The Labute approximate surface area is 173 Å². The minimum atomic E-state index is -0.843. The van der Waals surface area contributed by atoms with Crippen LogP contribution in [0.5, 0.6) is 0 Å². The average Bonchev–Trinajstić information content (AvgIpc) is 3.20. The lowest BCUT2D eigenvalue weighted by Gasteiger charge is -2.19. The quantitative estimate of drug-likeness (QED) is 0.696. The summed E-state index contributed by atoms with van der Waals surface area (Å²) < 4.78 is 1.92. The highest BCUT2D eigenvalue weighted by atomic mass is 32.2. The second-order valence-corrected chi connectivity index (χ2v) is 9.82. The van der Waals surface area contributed by atoms with Crippen LogP contribution in [0.15, 0.2) is 11.2 Å². The fraction of sp³-hybridized carbons (Fsp3) is 0.579. The molecule has 3 amide bonds. The highest BCUT2D eigenvalue weighted by Crippen LogP contribution is 2.38. The highest BCUT2D eigenvalue weighted by molar-refractivity contribution is 8.00. The number of imide groups is 1. The zero-order valence-corrected chi connectivity index (χ0v) is 18.3. The fourth-order valence-corrected chi connectivity index (χ4v) is 5.72. The number of thiophene rings is 1. The number of fused-ring (bicyclic) bond motifs is 1. The second kappa shape index (κ2) is 8.65. The number of carbonyl (C=O) groups excluding carboxylic acids is 2. The van der Waals surface area contributed by atoms with Gasteiger partial charge in [0.2, 0.25) is 5.91 Å². The van der Waals surface area contributed by atoms with Gasteiger partial charge in [0.05, 0.1) is 10.1 Å². The van der Waals surface area contributed by atoms with Crippen molar-refractivity contribution in [1.82, 2.24) is 20.1 Å². The van der Waals surface area contributed by atoms with Crippen LogP contribution in [0.25, 0.3) is 10.7 Å². The average molecular weight is 422 g/mol. The van der Waals surface area contributed by atoms with E-state index < -0.39 is 17.2 Å². The summed E-state index contributed by atoms with van der Waals surface area (Å²) in [6.45, 7) is 6.11. The summed E-state index contributed by atoms with van der Waals surface area (Å²) in [5, 5.41) is 11.0. The smallest absolute Gasteiger partial charge is 0.318 e. The largest absolute Gasteiger partial charge is 0.351 e. The number of aryl methyl sites for hydroxylation is 1. The lowest BCUT2D eigenvalue weighted by molar-refractivity contribution is -0.120. The van der Waals surface area contributed by atoms with Gasteiger partial charge in [-0.15, -0.1) is 21.5 Å². The number of nitrogens with one attached hydrogen (secondary N) is 1. The number of hydrogen-bond acceptors (Lipinski definition) is 6. The Morgan fingerprint density at radius 2 is 2.18 bits per heavy atom. The van der Waals surface area contributed by atoms with Gasteiger partial charge >= 0.3 is 6.03 Å². The molecular weight excluding hydrogens is 394 g/mol. The van der Waals surface area contributed by atoms with E-state index in [1.165, 1.54) is 35.0 Å². The minimum absolute atomic E-state index is 0.00419. The van der Waals surface area contributed by atoms with Crippen molar-refractivity contribution < 1.29 is 9.59 Å². The number of amides is 3. The van der Waals surface area contributed by atoms with Crippen molar-refractivity contribution in [2.24, 2.45) is 24.6 Å². The molecule has 7 nitrogen and oxygen atoms in total. The Morgan fingerprint density at radius 1 is 1.43 bits per heavy atom. The van der Waals surface area contributed by atoms with Crippen LogP contribution in [0.1, 0.15) is 44.1 Å². The third-order valence-corrected chi connectivity index (χ3v) is 7.97. The van der Waals surface area contributed by atoms with Crippen molar-refractivity contribution in [3.05, 3.63) is 16.5 Å². The summed E-state index contributed by atoms with van der Waals surface area (Å²) in [5.74, 6) is 1.18. The molecule has 0 fully saturated rings.